The van der Waals surface area contributed by atoms with Crippen molar-refractivity contribution in [3.63, 3.8) is 0 Å². The van der Waals surface area contributed by atoms with Crippen LogP contribution < -0.4 is 0 Å². The number of Topliss-reactive ketones (excluding diaryl/α,β-unsaturated/α-hetero) is 1. The fourth-order valence-electron chi connectivity index (χ4n) is 6.36. The molecule has 1 N–H and O–H groups in total. The van der Waals surface area contributed by atoms with E-state index in [1.807, 2.05) is 59.5 Å². The number of carbonyl (C=O) groups excluding carboxylic acids is 2. The maximum absolute atomic E-state index is 13.8. The van der Waals surface area contributed by atoms with E-state index in [0.29, 0.717) is 10.6 Å². The summed E-state index contributed by atoms with van der Waals surface area (Å²) in [6.07, 6.45) is -1.21. The van der Waals surface area contributed by atoms with Crippen LogP contribution in [-0.4, -0.2) is 41.5 Å². The third-order valence-electron chi connectivity index (χ3n) is 7.91. The minimum atomic E-state index is -1.21. The predicted molar refractivity (Wildman–Crippen MR) is 146 cm³/mol. The summed E-state index contributed by atoms with van der Waals surface area (Å²) in [7, 11) is 1.32. The molecule has 0 unspecified atom stereocenters. The molecule has 4 aromatic carbocycles. The van der Waals surface area contributed by atoms with Gasteiger partial charge in [0.2, 0.25) is 0 Å². The van der Waals surface area contributed by atoms with Crippen LogP contribution in [0, 0.1) is 5.92 Å². The molecule has 3 atom stereocenters. The number of esters is 1. The van der Waals surface area contributed by atoms with Gasteiger partial charge in [-0.05, 0) is 45.5 Å². The van der Waals surface area contributed by atoms with Crippen LogP contribution >= 0.6 is 11.6 Å². The molecule has 4 aromatic rings. The fraction of sp³-hybridized carbons (Fsp3) is 0.188. The lowest BCUT2D eigenvalue weighted by Crippen LogP contribution is -2.54. The smallest absolute Gasteiger partial charge is 0.324 e. The van der Waals surface area contributed by atoms with Crippen molar-refractivity contribution < 1.29 is 19.4 Å². The molecule has 38 heavy (non-hydrogen) atoms. The number of benzene rings is 4. The van der Waals surface area contributed by atoms with E-state index in [1.165, 1.54) is 7.11 Å². The Balaban J connectivity index is 1.61. The highest BCUT2D eigenvalue weighted by Crippen LogP contribution is 2.56. The molecule has 0 radical (unpaired) electrons. The van der Waals surface area contributed by atoms with Crippen LogP contribution in [0.5, 0.6) is 0 Å². The first-order valence-corrected chi connectivity index (χ1v) is 12.9. The number of rotatable bonds is 5. The van der Waals surface area contributed by atoms with Gasteiger partial charge in [0.05, 0.1) is 31.2 Å². The van der Waals surface area contributed by atoms with Crippen molar-refractivity contribution in [1.29, 1.82) is 0 Å². The van der Waals surface area contributed by atoms with Gasteiger partial charge in [0.15, 0.2) is 5.78 Å². The molecule has 0 saturated carbocycles. The highest BCUT2D eigenvalue weighted by molar-refractivity contribution is 6.30. The summed E-state index contributed by atoms with van der Waals surface area (Å²) in [6.45, 7) is -0.0351. The molecule has 1 aliphatic carbocycles. The van der Waals surface area contributed by atoms with Crippen molar-refractivity contribution in [3.05, 3.63) is 130 Å². The molecular weight excluding hydrogens is 498 g/mol. The zero-order valence-corrected chi connectivity index (χ0v) is 21.5. The number of hydrogen-bond donors (Lipinski definition) is 1. The molecule has 1 aliphatic heterocycles. The Kier molecular flexibility index (Phi) is 6.15. The number of hydrogen-bond acceptors (Lipinski definition) is 5. The zero-order chi connectivity index (χ0) is 26.4. The second-order valence-electron chi connectivity index (χ2n) is 9.75. The summed E-state index contributed by atoms with van der Waals surface area (Å²) in [4.78, 5) is 29.3. The van der Waals surface area contributed by atoms with E-state index in [1.54, 1.807) is 24.3 Å². The number of aliphatic hydroxyl groups excluding tert-OH is 1. The first-order valence-electron chi connectivity index (χ1n) is 12.5. The molecule has 2 aliphatic rings. The predicted octanol–water partition coefficient (Wildman–Crippen LogP) is 5.39. The zero-order valence-electron chi connectivity index (χ0n) is 20.8. The molecule has 1 fully saturated rings. The molecule has 0 amide bonds. The Morgan fingerprint density at radius 2 is 1.45 bits per heavy atom. The molecule has 5 nitrogen and oxygen atoms in total. The number of carbonyl (C=O) groups is 2. The molecule has 0 spiro atoms. The van der Waals surface area contributed by atoms with Gasteiger partial charge in [0.25, 0.3) is 0 Å². The summed E-state index contributed by atoms with van der Waals surface area (Å²) < 4.78 is 5.30. The highest BCUT2D eigenvalue weighted by Gasteiger charge is 2.60. The van der Waals surface area contributed by atoms with Crippen LogP contribution in [0.2, 0.25) is 5.02 Å². The topological polar surface area (TPSA) is 66.8 Å². The minimum Gasteiger partial charge on any atom is -0.468 e. The van der Waals surface area contributed by atoms with Gasteiger partial charge in [0, 0.05) is 5.02 Å². The second-order valence-corrected chi connectivity index (χ2v) is 10.2. The summed E-state index contributed by atoms with van der Waals surface area (Å²) in [5.41, 5.74) is 4.56. The van der Waals surface area contributed by atoms with Crippen molar-refractivity contribution in [2.75, 3.05) is 13.7 Å². The van der Waals surface area contributed by atoms with Gasteiger partial charge in [-0.1, -0.05) is 103 Å². The molecule has 190 valence electrons. The number of fused-ring (bicyclic) bond motifs is 3. The van der Waals surface area contributed by atoms with Crippen molar-refractivity contribution in [2.45, 2.75) is 17.7 Å². The highest BCUT2D eigenvalue weighted by atomic mass is 35.5. The van der Waals surface area contributed by atoms with Crippen molar-refractivity contribution >= 4 is 23.4 Å². The van der Waals surface area contributed by atoms with Crippen molar-refractivity contribution in [1.82, 2.24) is 4.90 Å². The van der Waals surface area contributed by atoms with E-state index in [4.69, 9.17) is 16.3 Å². The molecule has 1 saturated heterocycles. The first kappa shape index (κ1) is 24.6. The van der Waals surface area contributed by atoms with Crippen LogP contribution in [-0.2, 0) is 19.9 Å². The maximum atomic E-state index is 13.8. The van der Waals surface area contributed by atoms with Crippen LogP contribution in [0.4, 0.5) is 0 Å². The molecule has 0 bridgehead atoms. The third kappa shape index (κ3) is 3.54. The Hall–Kier alpha value is -3.77. The summed E-state index contributed by atoms with van der Waals surface area (Å²) >= 11 is 6.07. The molecule has 0 aromatic heterocycles. The van der Waals surface area contributed by atoms with Crippen LogP contribution in [0.15, 0.2) is 103 Å². The Bertz CT molecular complexity index is 1470. The van der Waals surface area contributed by atoms with E-state index < -0.39 is 29.6 Å². The fourth-order valence-corrected chi connectivity index (χ4v) is 6.48. The number of aliphatic hydroxyl groups is 1. The van der Waals surface area contributed by atoms with Crippen molar-refractivity contribution in [3.8, 4) is 11.1 Å². The second kappa shape index (κ2) is 9.52. The molecule has 6 heteroatoms. The van der Waals surface area contributed by atoms with Gasteiger partial charge in [-0.2, -0.15) is 0 Å². The Labute approximate surface area is 226 Å². The van der Waals surface area contributed by atoms with Gasteiger partial charge in [-0.25, -0.2) is 0 Å². The lowest BCUT2D eigenvalue weighted by Gasteiger charge is -2.44. The standard InChI is InChI=1S/C32H26ClNO4/c1-38-31(37)29-28(30(36)20-15-17-22(33)18-16-20)27(35)19-34(29)32(21-9-3-2-4-10-21)25-13-7-5-11-23(25)24-12-6-8-14-26(24)32/h2-18,28-30,36H,19H2,1H3/t28-,29-,30+/m0/s1. The van der Waals surface area contributed by atoms with E-state index in [0.717, 1.165) is 27.8 Å². The van der Waals surface area contributed by atoms with E-state index >= 15 is 0 Å². The van der Waals surface area contributed by atoms with Gasteiger partial charge in [-0.15, -0.1) is 0 Å². The van der Waals surface area contributed by atoms with E-state index in [-0.39, 0.29) is 12.3 Å². The quantitative estimate of drug-likeness (QED) is 0.355. The van der Waals surface area contributed by atoms with Gasteiger partial charge >= 0.3 is 5.97 Å². The third-order valence-corrected chi connectivity index (χ3v) is 8.17. The number of nitrogens with zero attached hydrogens (tertiary/aromatic N) is 1. The number of ketones is 1. The van der Waals surface area contributed by atoms with E-state index in [9.17, 15) is 14.7 Å². The minimum absolute atomic E-state index is 0.0351. The van der Waals surface area contributed by atoms with Crippen molar-refractivity contribution in [2.24, 2.45) is 5.92 Å². The Morgan fingerprint density at radius 3 is 2.03 bits per heavy atom. The summed E-state index contributed by atoms with van der Waals surface area (Å²) in [5.74, 6) is -1.81. The van der Waals surface area contributed by atoms with Crippen LogP contribution in [0.3, 0.4) is 0 Å². The molecular formula is C32H26ClNO4. The SMILES string of the molecule is COC(=O)[C@@H]1[C@@H]([C@H](O)c2ccc(Cl)cc2)C(=O)CN1C1(c2ccccc2)c2ccccc2-c2ccccc21. The Morgan fingerprint density at radius 1 is 0.895 bits per heavy atom. The van der Waals surface area contributed by atoms with E-state index in [2.05, 4.69) is 24.3 Å². The average Bonchev–Trinajstić information content (AvgIpc) is 3.46. The number of ether oxygens (including phenoxy) is 1. The van der Waals surface area contributed by atoms with Crippen LogP contribution in [0.25, 0.3) is 11.1 Å². The lowest BCUT2D eigenvalue weighted by atomic mass is 9.78. The maximum Gasteiger partial charge on any atom is 0.324 e. The normalized spacial score (nSPS) is 20.6. The number of likely N-dealkylation sites (tertiary alicyclic amines) is 1. The number of halogens is 1. The largest absolute Gasteiger partial charge is 0.468 e. The summed E-state index contributed by atoms with van der Waals surface area (Å²) in [6, 6.07) is 31.8. The first-order chi connectivity index (χ1) is 18.5. The molecule has 1 heterocycles. The molecule has 6 rings (SSSR count). The van der Waals surface area contributed by atoms with Gasteiger partial charge in [0.1, 0.15) is 6.04 Å². The average molecular weight is 524 g/mol. The lowest BCUT2D eigenvalue weighted by molar-refractivity contribution is -0.151. The van der Waals surface area contributed by atoms with Gasteiger partial charge in [-0.3, -0.25) is 14.5 Å². The summed E-state index contributed by atoms with van der Waals surface area (Å²) in [5, 5.41) is 12.0. The monoisotopic (exact) mass is 523 g/mol. The van der Waals surface area contributed by atoms with Crippen LogP contribution in [0.1, 0.15) is 28.4 Å². The number of methoxy groups -OCH3 is 1. The van der Waals surface area contributed by atoms with Gasteiger partial charge < -0.3 is 9.84 Å².